The van der Waals surface area contributed by atoms with E-state index in [2.05, 4.69) is 5.32 Å². The summed E-state index contributed by atoms with van der Waals surface area (Å²) in [6, 6.07) is 16.9. The van der Waals surface area contributed by atoms with Gasteiger partial charge in [-0.25, -0.2) is 8.42 Å². The van der Waals surface area contributed by atoms with Crippen LogP contribution in [-0.4, -0.2) is 51.0 Å². The molecule has 0 radical (unpaired) electrons. The van der Waals surface area contributed by atoms with E-state index >= 15 is 0 Å². The SMILES string of the molecule is CNC(=O)[C@H](C)N(Cc1ccccc1)C(=O)CN(c1ccccc1)S(C)(=O)=O. The second-order valence-electron chi connectivity index (χ2n) is 6.40. The maximum absolute atomic E-state index is 13.1. The second-order valence-corrected chi connectivity index (χ2v) is 8.31. The van der Waals surface area contributed by atoms with Crippen molar-refractivity contribution in [2.75, 3.05) is 24.2 Å². The molecular weight excluding hydrogens is 378 g/mol. The van der Waals surface area contributed by atoms with Crippen LogP contribution in [0.4, 0.5) is 5.69 Å². The van der Waals surface area contributed by atoms with Crippen molar-refractivity contribution in [1.29, 1.82) is 0 Å². The second kappa shape index (κ2) is 9.36. The molecule has 2 aromatic rings. The Balaban J connectivity index is 2.33. The first kappa shape index (κ1) is 21.4. The number of likely N-dealkylation sites (N-methyl/N-ethyl adjacent to an activating group) is 1. The molecule has 0 saturated carbocycles. The fourth-order valence-electron chi connectivity index (χ4n) is 2.78. The Kier molecular flexibility index (Phi) is 7.17. The van der Waals surface area contributed by atoms with E-state index in [1.54, 1.807) is 37.3 Å². The molecular formula is C20H25N3O4S. The van der Waals surface area contributed by atoms with Crippen LogP contribution in [0, 0.1) is 0 Å². The molecule has 0 heterocycles. The molecule has 150 valence electrons. The van der Waals surface area contributed by atoms with Crippen LogP contribution in [0.5, 0.6) is 0 Å². The number of anilines is 1. The Morgan fingerprint density at radius 1 is 1.00 bits per heavy atom. The lowest BCUT2D eigenvalue weighted by Gasteiger charge is -2.31. The third-order valence-electron chi connectivity index (χ3n) is 4.33. The summed E-state index contributed by atoms with van der Waals surface area (Å²) in [5, 5.41) is 2.54. The zero-order chi connectivity index (χ0) is 20.7. The zero-order valence-electron chi connectivity index (χ0n) is 16.2. The molecule has 2 aromatic carbocycles. The summed E-state index contributed by atoms with van der Waals surface area (Å²) >= 11 is 0. The van der Waals surface area contributed by atoms with E-state index < -0.39 is 28.5 Å². The molecule has 0 unspecified atom stereocenters. The highest BCUT2D eigenvalue weighted by molar-refractivity contribution is 7.92. The standard InChI is InChI=1S/C20H25N3O4S/c1-16(20(25)21-2)22(14-17-10-6-4-7-11-17)19(24)15-23(28(3,26)27)18-12-8-5-9-13-18/h4-13,16H,14-15H2,1-3H3,(H,21,25)/t16-/m0/s1. The van der Waals surface area contributed by atoms with Crippen molar-refractivity contribution < 1.29 is 18.0 Å². The number of nitrogens with zero attached hydrogens (tertiary/aromatic N) is 2. The number of benzene rings is 2. The van der Waals surface area contributed by atoms with Crippen LogP contribution in [0.1, 0.15) is 12.5 Å². The fraction of sp³-hybridized carbons (Fsp3) is 0.300. The Hall–Kier alpha value is -2.87. The van der Waals surface area contributed by atoms with Gasteiger partial charge in [-0.2, -0.15) is 0 Å². The Bertz CT molecular complexity index is 902. The van der Waals surface area contributed by atoms with Gasteiger partial charge < -0.3 is 10.2 Å². The van der Waals surface area contributed by atoms with Gasteiger partial charge in [0.1, 0.15) is 12.6 Å². The topological polar surface area (TPSA) is 86.8 Å². The van der Waals surface area contributed by atoms with Gasteiger partial charge in [0.05, 0.1) is 11.9 Å². The molecule has 2 amide bonds. The van der Waals surface area contributed by atoms with E-state index in [4.69, 9.17) is 0 Å². The summed E-state index contributed by atoms with van der Waals surface area (Å²) in [4.78, 5) is 26.6. The predicted molar refractivity (Wildman–Crippen MR) is 109 cm³/mol. The lowest BCUT2D eigenvalue weighted by molar-refractivity contribution is -0.139. The van der Waals surface area contributed by atoms with Crippen molar-refractivity contribution in [3.63, 3.8) is 0 Å². The fourth-order valence-corrected chi connectivity index (χ4v) is 3.63. The van der Waals surface area contributed by atoms with E-state index in [-0.39, 0.29) is 12.5 Å². The molecule has 0 aliphatic rings. The van der Waals surface area contributed by atoms with Gasteiger partial charge >= 0.3 is 0 Å². The minimum atomic E-state index is -3.69. The number of para-hydroxylation sites is 1. The molecule has 7 nitrogen and oxygen atoms in total. The Morgan fingerprint density at radius 3 is 2.04 bits per heavy atom. The van der Waals surface area contributed by atoms with Crippen molar-refractivity contribution >= 4 is 27.5 Å². The van der Waals surface area contributed by atoms with Crippen LogP contribution >= 0.6 is 0 Å². The van der Waals surface area contributed by atoms with Crippen LogP contribution in [-0.2, 0) is 26.2 Å². The summed E-state index contributed by atoms with van der Waals surface area (Å²) in [7, 11) is -2.19. The van der Waals surface area contributed by atoms with Crippen LogP contribution in [0.3, 0.4) is 0 Å². The molecule has 1 atom stereocenters. The third-order valence-corrected chi connectivity index (χ3v) is 5.47. The van der Waals surface area contributed by atoms with Gasteiger partial charge in [-0.15, -0.1) is 0 Å². The molecule has 0 fully saturated rings. The molecule has 0 aliphatic carbocycles. The maximum atomic E-state index is 13.1. The average molecular weight is 404 g/mol. The number of sulfonamides is 1. The smallest absolute Gasteiger partial charge is 0.244 e. The van der Waals surface area contributed by atoms with E-state index in [1.807, 2.05) is 30.3 Å². The number of hydrogen-bond acceptors (Lipinski definition) is 4. The van der Waals surface area contributed by atoms with Crippen molar-refractivity contribution in [3.05, 3.63) is 66.2 Å². The molecule has 8 heteroatoms. The van der Waals surface area contributed by atoms with Gasteiger partial charge in [0.25, 0.3) is 0 Å². The summed E-state index contributed by atoms with van der Waals surface area (Å²) in [5.74, 6) is -0.788. The van der Waals surface area contributed by atoms with E-state index in [0.717, 1.165) is 16.1 Å². The monoisotopic (exact) mass is 403 g/mol. The largest absolute Gasteiger partial charge is 0.357 e. The molecule has 1 N–H and O–H groups in total. The number of hydrogen-bond donors (Lipinski definition) is 1. The van der Waals surface area contributed by atoms with E-state index in [1.165, 1.54) is 11.9 Å². The van der Waals surface area contributed by atoms with Gasteiger partial charge in [0.2, 0.25) is 21.8 Å². The summed E-state index contributed by atoms with van der Waals surface area (Å²) in [6.45, 7) is 1.42. The first-order chi connectivity index (χ1) is 13.2. The van der Waals surface area contributed by atoms with Crippen LogP contribution in [0.2, 0.25) is 0 Å². The number of carbonyl (C=O) groups excluding carboxylic acids is 2. The van der Waals surface area contributed by atoms with Crippen LogP contribution < -0.4 is 9.62 Å². The summed E-state index contributed by atoms with van der Waals surface area (Å²) < 4.78 is 25.6. The van der Waals surface area contributed by atoms with Gasteiger partial charge in [0, 0.05) is 13.6 Å². The van der Waals surface area contributed by atoms with Gasteiger partial charge in [0.15, 0.2) is 0 Å². The first-order valence-electron chi connectivity index (χ1n) is 8.81. The average Bonchev–Trinajstić information content (AvgIpc) is 2.69. The molecule has 0 bridgehead atoms. The zero-order valence-corrected chi connectivity index (χ0v) is 17.0. The lowest BCUT2D eigenvalue weighted by Crippen LogP contribution is -2.50. The molecule has 2 rings (SSSR count). The van der Waals surface area contributed by atoms with E-state index in [9.17, 15) is 18.0 Å². The highest BCUT2D eigenvalue weighted by Gasteiger charge is 2.29. The molecule has 0 saturated heterocycles. The molecule has 28 heavy (non-hydrogen) atoms. The Morgan fingerprint density at radius 2 is 1.54 bits per heavy atom. The third kappa shape index (κ3) is 5.56. The summed E-state index contributed by atoms with van der Waals surface area (Å²) in [6.07, 6.45) is 1.05. The highest BCUT2D eigenvalue weighted by atomic mass is 32.2. The first-order valence-corrected chi connectivity index (χ1v) is 10.7. The minimum absolute atomic E-state index is 0.195. The Labute approximate surface area is 166 Å². The predicted octanol–water partition coefficient (Wildman–Crippen LogP) is 1.62. The van der Waals surface area contributed by atoms with Gasteiger partial charge in [-0.05, 0) is 24.6 Å². The van der Waals surface area contributed by atoms with E-state index in [0.29, 0.717) is 5.69 Å². The van der Waals surface area contributed by atoms with Crippen molar-refractivity contribution in [1.82, 2.24) is 10.2 Å². The van der Waals surface area contributed by atoms with Crippen LogP contribution in [0.15, 0.2) is 60.7 Å². The normalized spacial score (nSPS) is 12.1. The number of amides is 2. The molecule has 0 aliphatic heterocycles. The molecule has 0 aromatic heterocycles. The molecule has 0 spiro atoms. The van der Waals surface area contributed by atoms with Crippen molar-refractivity contribution in [3.8, 4) is 0 Å². The quantitative estimate of drug-likeness (QED) is 0.726. The van der Waals surface area contributed by atoms with Gasteiger partial charge in [-0.1, -0.05) is 48.5 Å². The number of rotatable bonds is 8. The van der Waals surface area contributed by atoms with Crippen molar-refractivity contribution in [2.45, 2.75) is 19.5 Å². The lowest BCUT2D eigenvalue weighted by atomic mass is 10.1. The number of carbonyl (C=O) groups is 2. The van der Waals surface area contributed by atoms with Crippen LogP contribution in [0.25, 0.3) is 0 Å². The van der Waals surface area contributed by atoms with Crippen molar-refractivity contribution in [2.24, 2.45) is 0 Å². The highest BCUT2D eigenvalue weighted by Crippen LogP contribution is 2.18. The van der Waals surface area contributed by atoms with Gasteiger partial charge in [-0.3, -0.25) is 13.9 Å². The summed E-state index contributed by atoms with van der Waals surface area (Å²) in [5.41, 5.74) is 1.24. The maximum Gasteiger partial charge on any atom is 0.244 e. The minimum Gasteiger partial charge on any atom is -0.357 e. The number of nitrogens with one attached hydrogen (secondary N) is 1.